The first-order valence-electron chi connectivity index (χ1n) is 12.6. The zero-order valence-corrected chi connectivity index (χ0v) is 20.2. The van der Waals surface area contributed by atoms with Crippen molar-refractivity contribution in [3.8, 4) is 11.1 Å². The van der Waals surface area contributed by atoms with Crippen molar-refractivity contribution in [1.82, 2.24) is 10.6 Å². The highest BCUT2D eigenvalue weighted by Gasteiger charge is 2.32. The van der Waals surface area contributed by atoms with Crippen molar-refractivity contribution in [2.75, 3.05) is 19.7 Å². The number of carbonyl (C=O) groups is 3. The van der Waals surface area contributed by atoms with Crippen LogP contribution in [-0.4, -0.2) is 42.8 Å². The number of rotatable bonds is 9. The summed E-state index contributed by atoms with van der Waals surface area (Å²) in [6.45, 7) is 2.65. The lowest BCUT2D eigenvalue weighted by Gasteiger charge is -2.29. The van der Waals surface area contributed by atoms with Gasteiger partial charge in [0.2, 0.25) is 5.91 Å². The maximum atomic E-state index is 12.7. The number of ether oxygens (including phenoxy) is 1. The standard InChI is InChI=1S/C28H34N2O5/c1-2-18(26(31)29-16-19-9-3-4-10-20(19)27(32)33)15-30-28(34)35-17-25-23-13-7-5-11-21(23)22-12-6-8-14-24(22)25/h5-8,11-14,18-20,25H,2-4,9-10,15-17H2,1H3,(H,29,31)(H,30,34)(H,32,33)/t18?,19-,20-/m0/s1. The number of carboxylic acid groups (broad SMARTS) is 1. The van der Waals surface area contributed by atoms with Crippen molar-refractivity contribution >= 4 is 18.0 Å². The Kier molecular flexibility index (Phi) is 8.06. The Morgan fingerprint density at radius 2 is 1.60 bits per heavy atom. The molecule has 0 saturated heterocycles. The Morgan fingerprint density at radius 1 is 0.971 bits per heavy atom. The third kappa shape index (κ3) is 5.66. The highest BCUT2D eigenvalue weighted by molar-refractivity contribution is 5.80. The minimum Gasteiger partial charge on any atom is -0.481 e. The fourth-order valence-electron chi connectivity index (χ4n) is 5.43. The van der Waals surface area contributed by atoms with E-state index < -0.39 is 23.9 Å². The fraction of sp³-hybridized carbons (Fsp3) is 0.464. The second-order valence-electron chi connectivity index (χ2n) is 9.55. The van der Waals surface area contributed by atoms with E-state index in [2.05, 4.69) is 34.9 Å². The molecule has 7 heteroatoms. The number of amides is 2. The van der Waals surface area contributed by atoms with E-state index in [-0.39, 0.29) is 30.9 Å². The van der Waals surface area contributed by atoms with Crippen LogP contribution in [0, 0.1) is 17.8 Å². The summed E-state index contributed by atoms with van der Waals surface area (Å²) < 4.78 is 5.56. The number of carbonyl (C=O) groups excluding carboxylic acids is 2. The molecule has 2 aromatic carbocycles. The molecule has 35 heavy (non-hydrogen) atoms. The second kappa shape index (κ2) is 11.4. The molecule has 3 atom stereocenters. The monoisotopic (exact) mass is 478 g/mol. The van der Waals surface area contributed by atoms with Gasteiger partial charge >= 0.3 is 12.1 Å². The van der Waals surface area contributed by atoms with Gasteiger partial charge in [-0.05, 0) is 47.4 Å². The average molecular weight is 479 g/mol. The highest BCUT2D eigenvalue weighted by Crippen LogP contribution is 2.44. The molecule has 0 bridgehead atoms. The lowest BCUT2D eigenvalue weighted by molar-refractivity contribution is -0.145. The molecule has 0 radical (unpaired) electrons. The van der Waals surface area contributed by atoms with Crippen molar-refractivity contribution in [3.63, 3.8) is 0 Å². The van der Waals surface area contributed by atoms with E-state index in [1.165, 1.54) is 11.1 Å². The predicted molar refractivity (Wildman–Crippen MR) is 133 cm³/mol. The molecule has 1 unspecified atom stereocenters. The van der Waals surface area contributed by atoms with Crippen LogP contribution in [0.15, 0.2) is 48.5 Å². The first kappa shape index (κ1) is 24.8. The quantitative estimate of drug-likeness (QED) is 0.490. The summed E-state index contributed by atoms with van der Waals surface area (Å²) in [5.41, 5.74) is 4.63. The fourth-order valence-corrected chi connectivity index (χ4v) is 5.43. The average Bonchev–Trinajstić information content (AvgIpc) is 3.20. The topological polar surface area (TPSA) is 105 Å². The van der Waals surface area contributed by atoms with Crippen molar-refractivity contribution in [2.24, 2.45) is 17.8 Å². The normalized spacial score (nSPS) is 19.8. The van der Waals surface area contributed by atoms with Crippen LogP contribution < -0.4 is 10.6 Å². The minimum absolute atomic E-state index is 0.0175. The molecule has 1 saturated carbocycles. The molecule has 3 N–H and O–H groups in total. The Bertz CT molecular complexity index is 1020. The molecule has 186 valence electrons. The molecule has 0 aliphatic heterocycles. The van der Waals surface area contributed by atoms with Crippen LogP contribution >= 0.6 is 0 Å². The van der Waals surface area contributed by atoms with E-state index in [1.54, 1.807) is 0 Å². The summed E-state index contributed by atoms with van der Waals surface area (Å²) in [6.07, 6.45) is 3.40. The Morgan fingerprint density at radius 3 is 2.23 bits per heavy atom. The summed E-state index contributed by atoms with van der Waals surface area (Å²) in [6, 6.07) is 16.3. The lowest BCUT2D eigenvalue weighted by Crippen LogP contribution is -2.42. The zero-order chi connectivity index (χ0) is 24.8. The Balaban J connectivity index is 1.26. The molecule has 4 rings (SSSR count). The first-order valence-corrected chi connectivity index (χ1v) is 12.6. The molecular weight excluding hydrogens is 444 g/mol. The van der Waals surface area contributed by atoms with Crippen LogP contribution in [0.4, 0.5) is 4.79 Å². The largest absolute Gasteiger partial charge is 0.481 e. The van der Waals surface area contributed by atoms with Gasteiger partial charge in [-0.3, -0.25) is 9.59 Å². The molecule has 0 spiro atoms. The molecule has 1 fully saturated rings. The Hall–Kier alpha value is -3.35. The SMILES string of the molecule is CCC(CNC(=O)OCC1c2ccccc2-c2ccccc21)C(=O)NC[C@@H]1CCCC[C@@H]1C(=O)O. The number of benzene rings is 2. The predicted octanol–water partition coefficient (Wildman–Crippen LogP) is 4.56. The summed E-state index contributed by atoms with van der Waals surface area (Å²) in [5.74, 6) is -1.81. The van der Waals surface area contributed by atoms with E-state index in [0.29, 0.717) is 19.4 Å². The third-order valence-electron chi connectivity index (χ3n) is 7.46. The first-order chi connectivity index (χ1) is 17.0. The summed E-state index contributed by atoms with van der Waals surface area (Å²) in [7, 11) is 0. The van der Waals surface area contributed by atoms with Gasteiger partial charge in [0.1, 0.15) is 6.61 Å². The van der Waals surface area contributed by atoms with Gasteiger partial charge in [0.25, 0.3) is 0 Å². The molecule has 7 nitrogen and oxygen atoms in total. The summed E-state index contributed by atoms with van der Waals surface area (Å²) in [5, 5.41) is 15.1. The number of aliphatic carboxylic acids is 1. The zero-order valence-electron chi connectivity index (χ0n) is 20.2. The molecule has 2 aromatic rings. The maximum Gasteiger partial charge on any atom is 0.407 e. The summed E-state index contributed by atoms with van der Waals surface area (Å²) >= 11 is 0. The number of hydrogen-bond donors (Lipinski definition) is 3. The van der Waals surface area contributed by atoms with Gasteiger partial charge in [0.05, 0.1) is 11.8 Å². The van der Waals surface area contributed by atoms with Crippen molar-refractivity contribution in [3.05, 3.63) is 59.7 Å². The molecule has 2 aliphatic rings. The molecule has 2 aliphatic carbocycles. The van der Waals surface area contributed by atoms with Gasteiger partial charge in [-0.15, -0.1) is 0 Å². The van der Waals surface area contributed by atoms with Crippen LogP contribution in [0.1, 0.15) is 56.1 Å². The maximum absolute atomic E-state index is 12.7. The number of carboxylic acids is 1. The number of fused-ring (bicyclic) bond motifs is 3. The number of alkyl carbamates (subject to hydrolysis) is 1. The van der Waals surface area contributed by atoms with Gasteiger partial charge in [-0.25, -0.2) is 4.79 Å². The lowest BCUT2D eigenvalue weighted by atomic mass is 9.79. The van der Waals surface area contributed by atoms with Gasteiger partial charge in [-0.1, -0.05) is 68.3 Å². The van der Waals surface area contributed by atoms with Gasteiger partial charge in [0, 0.05) is 19.0 Å². The van der Waals surface area contributed by atoms with Crippen LogP contribution in [0.2, 0.25) is 0 Å². The van der Waals surface area contributed by atoms with Gasteiger partial charge < -0.3 is 20.5 Å². The summed E-state index contributed by atoms with van der Waals surface area (Å²) in [4.78, 5) is 36.7. The van der Waals surface area contributed by atoms with Crippen molar-refractivity contribution < 1.29 is 24.2 Å². The number of nitrogens with one attached hydrogen (secondary N) is 2. The molecule has 0 aromatic heterocycles. The molecule has 0 heterocycles. The third-order valence-corrected chi connectivity index (χ3v) is 7.46. The highest BCUT2D eigenvalue weighted by atomic mass is 16.5. The second-order valence-corrected chi connectivity index (χ2v) is 9.55. The van der Waals surface area contributed by atoms with E-state index in [9.17, 15) is 19.5 Å². The molecular formula is C28H34N2O5. The van der Waals surface area contributed by atoms with Crippen LogP contribution in [0.5, 0.6) is 0 Å². The van der Waals surface area contributed by atoms with Crippen LogP contribution in [0.3, 0.4) is 0 Å². The smallest absolute Gasteiger partial charge is 0.407 e. The van der Waals surface area contributed by atoms with E-state index >= 15 is 0 Å². The molecule has 2 amide bonds. The number of hydrogen-bond acceptors (Lipinski definition) is 4. The van der Waals surface area contributed by atoms with E-state index in [1.807, 2.05) is 31.2 Å². The van der Waals surface area contributed by atoms with Crippen molar-refractivity contribution in [1.29, 1.82) is 0 Å². The Labute approximate surface area is 206 Å². The van der Waals surface area contributed by atoms with E-state index in [4.69, 9.17) is 4.74 Å². The van der Waals surface area contributed by atoms with Gasteiger partial charge in [0.15, 0.2) is 0 Å². The van der Waals surface area contributed by atoms with Crippen molar-refractivity contribution in [2.45, 2.75) is 44.9 Å². The minimum atomic E-state index is -0.784. The van der Waals surface area contributed by atoms with E-state index in [0.717, 1.165) is 30.4 Å². The van der Waals surface area contributed by atoms with Gasteiger partial charge in [-0.2, -0.15) is 0 Å². The van der Waals surface area contributed by atoms with Crippen LogP contribution in [0.25, 0.3) is 11.1 Å². The van der Waals surface area contributed by atoms with Crippen LogP contribution in [-0.2, 0) is 14.3 Å².